The van der Waals surface area contributed by atoms with Crippen LogP contribution in [0.25, 0.3) is 22.7 Å². The fourth-order valence-electron chi connectivity index (χ4n) is 1.90. The van der Waals surface area contributed by atoms with Crippen molar-refractivity contribution < 1.29 is 9.15 Å². The van der Waals surface area contributed by atoms with E-state index in [0.29, 0.717) is 22.2 Å². The first-order valence-electron chi connectivity index (χ1n) is 5.95. The summed E-state index contributed by atoms with van der Waals surface area (Å²) in [4.78, 5) is 9.67. The minimum atomic E-state index is 0.511. The molecule has 0 amide bonds. The highest BCUT2D eigenvalue weighted by molar-refractivity contribution is 8.09. The first-order valence-corrected chi connectivity index (χ1v) is 7.57. The average Bonchev–Trinajstić information content (AvgIpc) is 2.91. The van der Waals surface area contributed by atoms with Crippen LogP contribution in [-0.2, 0) is 0 Å². The van der Waals surface area contributed by atoms with Crippen LogP contribution in [0.4, 0.5) is 0 Å². The summed E-state index contributed by atoms with van der Waals surface area (Å²) in [5.74, 6) is 1.23. The molecule has 0 N–H and O–H groups in total. The molecule has 0 saturated heterocycles. The summed E-state index contributed by atoms with van der Waals surface area (Å²) >= 11 is 5.86. The third kappa shape index (κ3) is 2.48. The van der Waals surface area contributed by atoms with Crippen molar-refractivity contribution in [2.24, 2.45) is 0 Å². The average molecular weight is 304 g/mol. The number of fused-ring (bicyclic) bond motifs is 1. The van der Waals surface area contributed by atoms with Crippen LogP contribution in [0.1, 0.15) is 0 Å². The number of aromatic nitrogens is 2. The lowest BCUT2D eigenvalue weighted by atomic mass is 10.2. The zero-order valence-corrected chi connectivity index (χ0v) is 12.4. The van der Waals surface area contributed by atoms with Gasteiger partial charge in [-0.05, 0) is 30.3 Å². The molecule has 3 rings (SSSR count). The molecule has 0 radical (unpaired) electrons. The van der Waals surface area contributed by atoms with E-state index in [2.05, 4.69) is 22.6 Å². The topological polar surface area (TPSA) is 48.2 Å². The molecular formula is C14H12N2O2S2. The Morgan fingerprint density at radius 2 is 2.25 bits per heavy atom. The highest BCUT2D eigenvalue weighted by atomic mass is 32.2. The van der Waals surface area contributed by atoms with Crippen LogP contribution in [0.15, 0.2) is 45.8 Å². The second-order valence-corrected chi connectivity index (χ2v) is 5.77. The van der Waals surface area contributed by atoms with Gasteiger partial charge in [0.1, 0.15) is 5.75 Å². The molecule has 0 saturated carbocycles. The van der Waals surface area contributed by atoms with E-state index in [1.807, 2.05) is 30.3 Å². The number of benzene rings is 1. The lowest BCUT2D eigenvalue weighted by molar-refractivity contribution is 0.414. The molecular weight excluding hydrogens is 292 g/mol. The minimum Gasteiger partial charge on any atom is -0.496 e. The number of pyridine rings is 1. The molecule has 0 spiro atoms. The van der Waals surface area contributed by atoms with Gasteiger partial charge in [0.25, 0.3) is 0 Å². The van der Waals surface area contributed by atoms with E-state index < -0.39 is 0 Å². The summed E-state index contributed by atoms with van der Waals surface area (Å²) in [7, 11) is 1.63. The van der Waals surface area contributed by atoms with Gasteiger partial charge in [-0.25, -0.2) is 4.98 Å². The van der Waals surface area contributed by atoms with Gasteiger partial charge in [-0.1, -0.05) is 0 Å². The molecule has 2 heterocycles. The SMILES string of the molecule is COc1ccc(SCS)cc1-c1nc2ncccc2o1. The standard InChI is InChI=1S/C14H12N2O2S2/c1-17-11-5-4-9(20-8-19)7-10(11)14-16-13-12(18-14)3-2-6-15-13/h2-7,19H,8H2,1H3. The van der Waals surface area contributed by atoms with Crippen molar-refractivity contribution >= 4 is 35.6 Å². The van der Waals surface area contributed by atoms with E-state index in [0.717, 1.165) is 16.2 Å². The van der Waals surface area contributed by atoms with Crippen molar-refractivity contribution in [2.75, 3.05) is 12.2 Å². The molecule has 0 unspecified atom stereocenters. The first-order chi connectivity index (χ1) is 9.81. The van der Waals surface area contributed by atoms with Crippen LogP contribution in [0.2, 0.25) is 0 Å². The summed E-state index contributed by atoms with van der Waals surface area (Å²) in [6.45, 7) is 0. The number of methoxy groups -OCH3 is 1. The van der Waals surface area contributed by atoms with E-state index in [4.69, 9.17) is 9.15 Å². The molecule has 0 fully saturated rings. The Bertz CT molecular complexity index is 710. The molecule has 6 heteroatoms. The Balaban J connectivity index is 2.13. The number of hydrogen-bond acceptors (Lipinski definition) is 6. The van der Waals surface area contributed by atoms with Gasteiger partial charge in [0.2, 0.25) is 5.89 Å². The van der Waals surface area contributed by atoms with Gasteiger partial charge in [0.15, 0.2) is 11.2 Å². The van der Waals surface area contributed by atoms with Crippen molar-refractivity contribution in [3.8, 4) is 17.2 Å². The number of rotatable bonds is 4. The van der Waals surface area contributed by atoms with Gasteiger partial charge in [-0.15, -0.1) is 11.8 Å². The minimum absolute atomic E-state index is 0.511. The molecule has 20 heavy (non-hydrogen) atoms. The summed E-state index contributed by atoms with van der Waals surface area (Å²) in [5.41, 5.74) is 2.07. The molecule has 0 bridgehead atoms. The Kier molecular flexibility index (Phi) is 3.84. The van der Waals surface area contributed by atoms with Crippen molar-refractivity contribution in [1.82, 2.24) is 9.97 Å². The summed E-state index contributed by atoms with van der Waals surface area (Å²) in [5, 5.41) is 0.709. The molecule has 0 aliphatic carbocycles. The van der Waals surface area contributed by atoms with Gasteiger partial charge in [0, 0.05) is 16.2 Å². The summed E-state index contributed by atoms with van der Waals surface area (Å²) in [6.07, 6.45) is 1.69. The fraction of sp³-hybridized carbons (Fsp3) is 0.143. The van der Waals surface area contributed by atoms with Crippen LogP contribution in [0, 0.1) is 0 Å². The number of nitrogens with zero attached hydrogens (tertiary/aromatic N) is 2. The van der Waals surface area contributed by atoms with Crippen LogP contribution in [-0.4, -0.2) is 22.2 Å². The maximum absolute atomic E-state index is 5.75. The van der Waals surface area contributed by atoms with E-state index in [-0.39, 0.29) is 0 Å². The molecule has 2 aromatic heterocycles. The van der Waals surface area contributed by atoms with Crippen molar-refractivity contribution in [2.45, 2.75) is 4.90 Å². The molecule has 102 valence electrons. The van der Waals surface area contributed by atoms with Gasteiger partial charge in [-0.2, -0.15) is 17.6 Å². The number of thioether (sulfide) groups is 1. The van der Waals surface area contributed by atoms with Crippen molar-refractivity contribution in [3.63, 3.8) is 0 Å². The molecule has 0 aliphatic rings. The molecule has 0 atom stereocenters. The third-order valence-corrected chi connectivity index (χ3v) is 3.90. The van der Waals surface area contributed by atoms with Crippen molar-refractivity contribution in [1.29, 1.82) is 0 Å². The first kappa shape index (κ1) is 13.3. The Labute approximate surface area is 126 Å². The Hall–Kier alpha value is -1.66. The maximum Gasteiger partial charge on any atom is 0.232 e. The van der Waals surface area contributed by atoms with E-state index in [1.165, 1.54) is 0 Å². The van der Waals surface area contributed by atoms with Gasteiger partial charge < -0.3 is 9.15 Å². The monoisotopic (exact) mass is 304 g/mol. The number of hydrogen-bond donors (Lipinski definition) is 1. The smallest absolute Gasteiger partial charge is 0.232 e. The lowest BCUT2D eigenvalue weighted by Gasteiger charge is -2.07. The van der Waals surface area contributed by atoms with E-state index >= 15 is 0 Å². The van der Waals surface area contributed by atoms with Crippen molar-refractivity contribution in [3.05, 3.63) is 36.5 Å². The van der Waals surface area contributed by atoms with Crippen LogP contribution < -0.4 is 4.74 Å². The van der Waals surface area contributed by atoms with Gasteiger partial charge in [-0.3, -0.25) is 0 Å². The van der Waals surface area contributed by atoms with Crippen LogP contribution >= 0.6 is 24.4 Å². The van der Waals surface area contributed by atoms with Crippen LogP contribution in [0.5, 0.6) is 5.75 Å². The predicted molar refractivity (Wildman–Crippen MR) is 83.5 cm³/mol. The second-order valence-electron chi connectivity index (χ2n) is 3.98. The number of oxazole rings is 1. The summed E-state index contributed by atoms with van der Waals surface area (Å²) < 4.78 is 11.1. The number of thiol groups is 1. The zero-order valence-electron chi connectivity index (χ0n) is 10.7. The zero-order chi connectivity index (χ0) is 13.9. The predicted octanol–water partition coefficient (Wildman–Crippen LogP) is 3.88. The highest BCUT2D eigenvalue weighted by Gasteiger charge is 2.14. The molecule has 1 aromatic carbocycles. The molecule has 0 aliphatic heterocycles. The third-order valence-electron chi connectivity index (χ3n) is 2.80. The lowest BCUT2D eigenvalue weighted by Crippen LogP contribution is -1.88. The Morgan fingerprint density at radius 3 is 3.00 bits per heavy atom. The Morgan fingerprint density at radius 1 is 1.35 bits per heavy atom. The second kappa shape index (κ2) is 5.76. The highest BCUT2D eigenvalue weighted by Crippen LogP contribution is 2.34. The quantitative estimate of drug-likeness (QED) is 0.450. The summed E-state index contributed by atoms with van der Waals surface area (Å²) in [6, 6.07) is 9.55. The van der Waals surface area contributed by atoms with E-state index in [1.54, 1.807) is 25.1 Å². The normalized spacial score (nSPS) is 10.9. The molecule has 4 nitrogen and oxygen atoms in total. The number of ether oxygens (including phenoxy) is 1. The van der Waals surface area contributed by atoms with Crippen LogP contribution in [0.3, 0.4) is 0 Å². The largest absolute Gasteiger partial charge is 0.496 e. The van der Waals surface area contributed by atoms with Gasteiger partial charge >= 0.3 is 0 Å². The molecule has 3 aromatic rings. The fourth-order valence-corrected chi connectivity index (χ4v) is 2.86. The maximum atomic E-state index is 5.75. The van der Waals surface area contributed by atoms with E-state index in [9.17, 15) is 0 Å². The van der Waals surface area contributed by atoms with Gasteiger partial charge in [0.05, 0.1) is 12.7 Å².